The van der Waals surface area contributed by atoms with Crippen molar-refractivity contribution in [2.75, 3.05) is 7.11 Å². The molecule has 0 unspecified atom stereocenters. The molecule has 4 nitrogen and oxygen atoms in total. The molecule has 0 radical (unpaired) electrons. The Morgan fingerprint density at radius 2 is 1.91 bits per heavy atom. The summed E-state index contributed by atoms with van der Waals surface area (Å²) in [5.74, 6) is -0.501. The molecule has 22 heavy (non-hydrogen) atoms. The first-order valence-electron chi connectivity index (χ1n) is 6.70. The number of aryl methyl sites for hydroxylation is 1. The second-order valence-corrected chi connectivity index (χ2v) is 5.28. The van der Waals surface area contributed by atoms with Crippen LogP contribution in [-0.2, 0) is 4.74 Å². The summed E-state index contributed by atoms with van der Waals surface area (Å²) in [5.41, 5.74) is 3.48. The average molecular weight is 313 g/mol. The van der Waals surface area contributed by atoms with Crippen LogP contribution in [-0.4, -0.2) is 23.0 Å². The predicted molar refractivity (Wildman–Crippen MR) is 86.1 cm³/mol. The largest absolute Gasteiger partial charge is 0.465 e. The van der Waals surface area contributed by atoms with Crippen molar-refractivity contribution in [1.29, 1.82) is 0 Å². The maximum Gasteiger partial charge on any atom is 0.340 e. The van der Waals surface area contributed by atoms with Crippen LogP contribution >= 0.6 is 11.6 Å². The van der Waals surface area contributed by atoms with Crippen LogP contribution in [0.4, 0.5) is 0 Å². The van der Waals surface area contributed by atoms with Crippen LogP contribution in [0.1, 0.15) is 15.9 Å². The van der Waals surface area contributed by atoms with E-state index in [0.717, 1.165) is 11.1 Å². The molecule has 0 saturated heterocycles. The number of ether oxygens (including phenoxy) is 1. The number of pyridine rings is 2. The predicted octanol–water partition coefficient (Wildman–Crippen LogP) is 4.05. The Balaban J connectivity index is 2.34. The van der Waals surface area contributed by atoms with Gasteiger partial charge in [-0.2, -0.15) is 0 Å². The number of rotatable bonds is 2. The summed E-state index contributed by atoms with van der Waals surface area (Å²) in [4.78, 5) is 20.7. The Labute approximate surface area is 132 Å². The minimum Gasteiger partial charge on any atom is -0.465 e. The molecule has 0 fully saturated rings. The zero-order valence-electron chi connectivity index (χ0n) is 12.1. The SMILES string of the molecule is COC(=O)c1c(Cl)c(-c2ccc(C)cc2)nc2ccncc12. The average Bonchev–Trinajstić information content (AvgIpc) is 2.54. The summed E-state index contributed by atoms with van der Waals surface area (Å²) < 4.78 is 4.86. The second-order valence-electron chi connectivity index (χ2n) is 4.90. The van der Waals surface area contributed by atoms with Crippen molar-refractivity contribution in [2.24, 2.45) is 0 Å². The van der Waals surface area contributed by atoms with Gasteiger partial charge >= 0.3 is 5.97 Å². The highest BCUT2D eigenvalue weighted by Gasteiger charge is 2.21. The smallest absolute Gasteiger partial charge is 0.340 e. The molecule has 0 atom stereocenters. The Kier molecular flexibility index (Phi) is 3.77. The van der Waals surface area contributed by atoms with Crippen LogP contribution in [0.2, 0.25) is 5.02 Å². The molecule has 5 heteroatoms. The van der Waals surface area contributed by atoms with E-state index in [4.69, 9.17) is 16.3 Å². The monoisotopic (exact) mass is 312 g/mol. The van der Waals surface area contributed by atoms with Gasteiger partial charge in [-0.1, -0.05) is 41.4 Å². The van der Waals surface area contributed by atoms with Gasteiger partial charge in [-0.3, -0.25) is 4.98 Å². The number of carbonyl (C=O) groups is 1. The number of aromatic nitrogens is 2. The van der Waals surface area contributed by atoms with Crippen molar-refractivity contribution < 1.29 is 9.53 Å². The molecule has 2 aromatic heterocycles. The highest BCUT2D eigenvalue weighted by molar-refractivity contribution is 6.37. The summed E-state index contributed by atoms with van der Waals surface area (Å²) in [6, 6.07) is 9.55. The summed E-state index contributed by atoms with van der Waals surface area (Å²) >= 11 is 6.44. The summed E-state index contributed by atoms with van der Waals surface area (Å²) in [6.07, 6.45) is 3.20. The van der Waals surface area contributed by atoms with Crippen LogP contribution in [0.5, 0.6) is 0 Å². The number of benzene rings is 1. The van der Waals surface area contributed by atoms with E-state index in [0.29, 0.717) is 16.6 Å². The highest BCUT2D eigenvalue weighted by Crippen LogP contribution is 2.34. The Hall–Kier alpha value is -2.46. The molecule has 0 aliphatic carbocycles. The molecule has 3 rings (SSSR count). The summed E-state index contributed by atoms with van der Waals surface area (Å²) in [7, 11) is 1.33. The van der Waals surface area contributed by atoms with E-state index < -0.39 is 5.97 Å². The van der Waals surface area contributed by atoms with Crippen LogP contribution in [0.25, 0.3) is 22.2 Å². The van der Waals surface area contributed by atoms with E-state index in [9.17, 15) is 4.79 Å². The van der Waals surface area contributed by atoms with E-state index in [1.54, 1.807) is 18.5 Å². The molecule has 0 amide bonds. The van der Waals surface area contributed by atoms with Crippen LogP contribution in [0.15, 0.2) is 42.7 Å². The van der Waals surface area contributed by atoms with E-state index in [-0.39, 0.29) is 10.6 Å². The number of esters is 1. The van der Waals surface area contributed by atoms with Gasteiger partial charge in [0.1, 0.15) is 0 Å². The number of hydrogen-bond donors (Lipinski definition) is 0. The number of fused-ring (bicyclic) bond motifs is 1. The zero-order chi connectivity index (χ0) is 15.7. The van der Waals surface area contributed by atoms with E-state index in [1.165, 1.54) is 7.11 Å². The van der Waals surface area contributed by atoms with Crippen LogP contribution in [0, 0.1) is 6.92 Å². The van der Waals surface area contributed by atoms with E-state index >= 15 is 0 Å². The number of carbonyl (C=O) groups excluding carboxylic acids is 1. The van der Waals surface area contributed by atoms with Crippen molar-refractivity contribution in [1.82, 2.24) is 9.97 Å². The number of halogens is 1. The molecule has 0 aliphatic heterocycles. The fraction of sp³-hybridized carbons (Fsp3) is 0.118. The van der Waals surface area contributed by atoms with Gasteiger partial charge in [0.25, 0.3) is 0 Å². The quantitative estimate of drug-likeness (QED) is 0.670. The lowest BCUT2D eigenvalue weighted by Gasteiger charge is -2.11. The third kappa shape index (κ3) is 2.42. The van der Waals surface area contributed by atoms with E-state index in [2.05, 4.69) is 9.97 Å². The molecule has 1 aromatic carbocycles. The summed E-state index contributed by atoms with van der Waals surface area (Å²) in [6.45, 7) is 2.00. The Bertz CT molecular complexity index is 860. The standard InChI is InChI=1S/C17H13ClN2O2/c1-10-3-5-11(6-4-10)16-15(18)14(17(21)22-2)12-9-19-8-7-13(12)20-16/h3-9H,1-2H3. The molecular weight excluding hydrogens is 300 g/mol. The van der Waals surface area contributed by atoms with E-state index in [1.807, 2.05) is 31.2 Å². The Morgan fingerprint density at radius 1 is 1.18 bits per heavy atom. The highest BCUT2D eigenvalue weighted by atomic mass is 35.5. The Morgan fingerprint density at radius 3 is 2.59 bits per heavy atom. The lowest BCUT2D eigenvalue weighted by molar-refractivity contribution is 0.0603. The van der Waals surface area contributed by atoms with Crippen molar-refractivity contribution in [2.45, 2.75) is 6.92 Å². The van der Waals surface area contributed by atoms with Gasteiger partial charge in [0.2, 0.25) is 0 Å². The van der Waals surface area contributed by atoms with Gasteiger partial charge < -0.3 is 4.74 Å². The van der Waals surface area contributed by atoms with Crippen molar-refractivity contribution in [3.05, 3.63) is 58.9 Å². The molecular formula is C17H13ClN2O2. The topological polar surface area (TPSA) is 52.1 Å². The second kappa shape index (κ2) is 5.73. The van der Waals surface area contributed by atoms with Gasteiger partial charge in [-0.15, -0.1) is 0 Å². The third-order valence-corrected chi connectivity index (χ3v) is 3.81. The minimum atomic E-state index is -0.501. The lowest BCUT2D eigenvalue weighted by Crippen LogP contribution is -2.06. The molecule has 3 aromatic rings. The van der Waals surface area contributed by atoms with Crippen molar-refractivity contribution in [3.8, 4) is 11.3 Å². The van der Waals surface area contributed by atoms with Gasteiger partial charge in [0.15, 0.2) is 0 Å². The first-order chi connectivity index (χ1) is 10.6. The normalized spacial score (nSPS) is 10.7. The van der Waals surface area contributed by atoms with Crippen molar-refractivity contribution in [3.63, 3.8) is 0 Å². The van der Waals surface area contributed by atoms with Gasteiger partial charge in [0.05, 0.1) is 28.9 Å². The number of nitrogens with zero attached hydrogens (tertiary/aromatic N) is 2. The molecule has 110 valence electrons. The number of methoxy groups -OCH3 is 1. The maximum absolute atomic E-state index is 12.1. The zero-order valence-corrected chi connectivity index (χ0v) is 12.9. The van der Waals surface area contributed by atoms with Crippen molar-refractivity contribution >= 4 is 28.5 Å². The molecule has 0 aliphatic rings. The maximum atomic E-state index is 12.1. The fourth-order valence-corrected chi connectivity index (χ4v) is 2.62. The first kappa shape index (κ1) is 14.5. The number of hydrogen-bond acceptors (Lipinski definition) is 4. The molecule has 0 saturated carbocycles. The first-order valence-corrected chi connectivity index (χ1v) is 7.08. The minimum absolute atomic E-state index is 0.274. The molecule has 2 heterocycles. The van der Waals surface area contributed by atoms with Gasteiger partial charge in [-0.25, -0.2) is 9.78 Å². The van der Waals surface area contributed by atoms with Crippen LogP contribution in [0.3, 0.4) is 0 Å². The molecule has 0 bridgehead atoms. The molecule has 0 N–H and O–H groups in total. The van der Waals surface area contributed by atoms with Gasteiger partial charge in [-0.05, 0) is 13.0 Å². The third-order valence-electron chi connectivity index (χ3n) is 3.44. The fourth-order valence-electron chi connectivity index (χ4n) is 2.29. The molecule has 0 spiro atoms. The lowest BCUT2D eigenvalue weighted by atomic mass is 10.0. The van der Waals surface area contributed by atoms with Crippen LogP contribution < -0.4 is 0 Å². The van der Waals surface area contributed by atoms with Gasteiger partial charge in [0, 0.05) is 23.3 Å². The summed E-state index contributed by atoms with van der Waals surface area (Å²) in [5, 5.41) is 0.853.